The topological polar surface area (TPSA) is 65.8 Å². The second kappa shape index (κ2) is 6.36. The first kappa shape index (κ1) is 13.7. The summed E-state index contributed by atoms with van der Waals surface area (Å²) < 4.78 is 0. The molecule has 0 saturated carbocycles. The molecule has 4 nitrogen and oxygen atoms in total. The molecule has 1 heterocycles. The van der Waals surface area contributed by atoms with Gasteiger partial charge in [0, 0.05) is 4.88 Å². The highest BCUT2D eigenvalue weighted by atomic mass is 32.1. The molecule has 1 amide bonds. The van der Waals surface area contributed by atoms with Gasteiger partial charge in [-0.05, 0) is 19.8 Å². The van der Waals surface area contributed by atoms with Gasteiger partial charge in [-0.1, -0.05) is 20.3 Å². The minimum Gasteiger partial charge on any atom is -0.301 e. The molecule has 1 aromatic heterocycles. The molecule has 92 valence electrons. The van der Waals surface area contributed by atoms with E-state index in [2.05, 4.69) is 10.3 Å². The maximum Gasteiger partial charge on any atom is 0.243 e. The van der Waals surface area contributed by atoms with E-state index in [0.29, 0.717) is 11.6 Å². The van der Waals surface area contributed by atoms with Gasteiger partial charge in [0.25, 0.3) is 0 Å². The third-order valence-corrected chi connectivity index (χ3v) is 3.44. The van der Waals surface area contributed by atoms with Crippen molar-refractivity contribution in [1.29, 1.82) is 5.26 Å². The standard InChI is InChI=1S/C12H17N3OS/c1-4-6-9(7-13)11(16)15-12-14-10(5-2)8(3)17-12/h9H,4-6H2,1-3H3,(H,14,15,16). The Labute approximate surface area is 106 Å². The lowest BCUT2D eigenvalue weighted by Crippen LogP contribution is -2.21. The van der Waals surface area contributed by atoms with Crippen LogP contribution in [-0.4, -0.2) is 10.9 Å². The maximum atomic E-state index is 11.8. The molecule has 0 fully saturated rings. The second-order valence-electron chi connectivity index (χ2n) is 3.84. The zero-order valence-electron chi connectivity index (χ0n) is 10.4. The number of aromatic nitrogens is 1. The molecule has 1 N–H and O–H groups in total. The fraction of sp³-hybridized carbons (Fsp3) is 0.583. The van der Waals surface area contributed by atoms with E-state index >= 15 is 0 Å². The van der Waals surface area contributed by atoms with E-state index in [4.69, 9.17) is 5.26 Å². The molecule has 0 aliphatic carbocycles. The first-order valence-electron chi connectivity index (χ1n) is 5.79. The summed E-state index contributed by atoms with van der Waals surface area (Å²) in [5.74, 6) is -0.819. The van der Waals surface area contributed by atoms with E-state index in [1.54, 1.807) is 0 Å². The molecule has 1 aromatic rings. The lowest BCUT2D eigenvalue weighted by atomic mass is 10.1. The molecule has 0 radical (unpaired) electrons. The Bertz CT molecular complexity index is 433. The van der Waals surface area contributed by atoms with Crippen LogP contribution in [0.5, 0.6) is 0 Å². The number of thiazole rings is 1. The Balaban J connectivity index is 2.70. The number of nitrogens with one attached hydrogen (secondary N) is 1. The molecule has 0 spiro atoms. The third-order valence-electron chi connectivity index (χ3n) is 2.51. The Morgan fingerprint density at radius 3 is 2.76 bits per heavy atom. The number of carbonyl (C=O) groups excluding carboxylic acids is 1. The first-order valence-corrected chi connectivity index (χ1v) is 6.60. The van der Waals surface area contributed by atoms with Crippen molar-refractivity contribution in [3.63, 3.8) is 0 Å². The lowest BCUT2D eigenvalue weighted by Gasteiger charge is -2.06. The zero-order valence-corrected chi connectivity index (χ0v) is 11.2. The minimum absolute atomic E-state index is 0.245. The van der Waals surface area contributed by atoms with Crippen molar-refractivity contribution < 1.29 is 4.79 Å². The normalized spacial score (nSPS) is 11.9. The van der Waals surface area contributed by atoms with Crippen molar-refractivity contribution in [1.82, 2.24) is 4.98 Å². The van der Waals surface area contributed by atoms with E-state index in [0.717, 1.165) is 23.4 Å². The summed E-state index contributed by atoms with van der Waals surface area (Å²) in [6.45, 7) is 5.98. The van der Waals surface area contributed by atoms with Crippen LogP contribution in [-0.2, 0) is 11.2 Å². The van der Waals surface area contributed by atoms with Gasteiger partial charge in [0.15, 0.2) is 5.13 Å². The number of hydrogen-bond acceptors (Lipinski definition) is 4. The highest BCUT2D eigenvalue weighted by Crippen LogP contribution is 2.23. The van der Waals surface area contributed by atoms with E-state index in [1.807, 2.05) is 26.8 Å². The molecule has 0 bridgehead atoms. The van der Waals surface area contributed by atoms with Crippen LogP contribution in [0.2, 0.25) is 0 Å². The van der Waals surface area contributed by atoms with Crippen LogP contribution in [0.1, 0.15) is 37.3 Å². The van der Waals surface area contributed by atoms with Crippen molar-refractivity contribution in [3.8, 4) is 6.07 Å². The number of anilines is 1. The SMILES string of the molecule is CCCC(C#N)C(=O)Nc1nc(CC)c(C)s1. The number of carbonyl (C=O) groups is 1. The summed E-state index contributed by atoms with van der Waals surface area (Å²) in [6.07, 6.45) is 2.27. The molecule has 0 aliphatic rings. The molecule has 1 atom stereocenters. The van der Waals surface area contributed by atoms with Crippen molar-refractivity contribution in [3.05, 3.63) is 10.6 Å². The number of nitrogens with zero attached hydrogens (tertiary/aromatic N) is 2. The molecule has 0 saturated heterocycles. The van der Waals surface area contributed by atoms with E-state index in [9.17, 15) is 4.79 Å². The van der Waals surface area contributed by atoms with Gasteiger partial charge in [-0.25, -0.2) is 4.98 Å². The van der Waals surface area contributed by atoms with Crippen LogP contribution in [0.3, 0.4) is 0 Å². The van der Waals surface area contributed by atoms with Gasteiger partial charge in [0.05, 0.1) is 11.8 Å². The minimum atomic E-state index is -0.575. The van der Waals surface area contributed by atoms with Crippen molar-refractivity contribution >= 4 is 22.4 Å². The van der Waals surface area contributed by atoms with E-state index in [-0.39, 0.29) is 5.91 Å². The van der Waals surface area contributed by atoms with Gasteiger partial charge in [0.1, 0.15) is 5.92 Å². The van der Waals surface area contributed by atoms with E-state index < -0.39 is 5.92 Å². The smallest absolute Gasteiger partial charge is 0.243 e. The second-order valence-corrected chi connectivity index (χ2v) is 5.04. The van der Waals surface area contributed by atoms with E-state index in [1.165, 1.54) is 11.3 Å². The molecule has 1 rings (SSSR count). The largest absolute Gasteiger partial charge is 0.301 e. The first-order chi connectivity index (χ1) is 8.12. The van der Waals surface area contributed by atoms with Crippen LogP contribution in [0.4, 0.5) is 5.13 Å². The fourth-order valence-electron chi connectivity index (χ4n) is 1.54. The Morgan fingerprint density at radius 1 is 1.59 bits per heavy atom. The van der Waals surface area contributed by atoms with Crippen molar-refractivity contribution in [2.45, 2.75) is 40.0 Å². The maximum absolute atomic E-state index is 11.8. The van der Waals surface area contributed by atoms with Gasteiger partial charge >= 0.3 is 0 Å². The number of amides is 1. The molecule has 5 heteroatoms. The monoisotopic (exact) mass is 251 g/mol. The summed E-state index contributed by atoms with van der Waals surface area (Å²) in [4.78, 5) is 17.2. The van der Waals surface area contributed by atoms with Gasteiger partial charge in [-0.3, -0.25) is 4.79 Å². The fourth-order valence-corrected chi connectivity index (χ4v) is 2.45. The Morgan fingerprint density at radius 2 is 2.29 bits per heavy atom. The summed E-state index contributed by atoms with van der Waals surface area (Å²) in [6, 6.07) is 2.02. The summed E-state index contributed by atoms with van der Waals surface area (Å²) in [5, 5.41) is 12.2. The predicted molar refractivity (Wildman–Crippen MR) is 68.9 cm³/mol. The molecule has 0 aliphatic heterocycles. The molecular formula is C12H17N3OS. The highest BCUT2D eigenvalue weighted by molar-refractivity contribution is 7.15. The van der Waals surface area contributed by atoms with Gasteiger partial charge in [-0.15, -0.1) is 11.3 Å². The molecule has 17 heavy (non-hydrogen) atoms. The molecular weight excluding hydrogens is 234 g/mol. The average Bonchev–Trinajstić information content (AvgIpc) is 2.66. The summed E-state index contributed by atoms with van der Waals surface area (Å²) in [7, 11) is 0. The molecule has 1 unspecified atom stereocenters. The average molecular weight is 251 g/mol. The Hall–Kier alpha value is -1.41. The highest BCUT2D eigenvalue weighted by Gasteiger charge is 2.18. The summed E-state index contributed by atoms with van der Waals surface area (Å²) in [5.41, 5.74) is 1.01. The Kier molecular flexibility index (Phi) is 5.11. The lowest BCUT2D eigenvalue weighted by molar-refractivity contribution is -0.118. The number of aryl methyl sites for hydroxylation is 2. The molecule has 0 aromatic carbocycles. The van der Waals surface area contributed by atoms with Gasteiger partial charge in [-0.2, -0.15) is 5.26 Å². The predicted octanol–water partition coefficient (Wildman–Crippen LogP) is 2.89. The van der Waals surface area contributed by atoms with Crippen LogP contribution in [0.25, 0.3) is 0 Å². The third kappa shape index (κ3) is 3.53. The van der Waals surface area contributed by atoms with Crippen LogP contribution in [0.15, 0.2) is 0 Å². The van der Waals surface area contributed by atoms with Crippen molar-refractivity contribution in [2.75, 3.05) is 5.32 Å². The number of rotatable bonds is 5. The van der Waals surface area contributed by atoms with Gasteiger partial charge < -0.3 is 5.32 Å². The number of nitriles is 1. The summed E-state index contributed by atoms with van der Waals surface area (Å²) >= 11 is 1.46. The number of hydrogen-bond donors (Lipinski definition) is 1. The van der Waals surface area contributed by atoms with Crippen molar-refractivity contribution in [2.24, 2.45) is 5.92 Å². The van der Waals surface area contributed by atoms with Crippen LogP contribution in [0, 0.1) is 24.2 Å². The zero-order chi connectivity index (χ0) is 12.8. The van der Waals surface area contributed by atoms with Crippen LogP contribution < -0.4 is 5.32 Å². The van der Waals surface area contributed by atoms with Gasteiger partial charge in [0.2, 0.25) is 5.91 Å². The quantitative estimate of drug-likeness (QED) is 0.875. The van der Waals surface area contributed by atoms with Crippen LogP contribution >= 0.6 is 11.3 Å².